The first-order valence-electron chi connectivity index (χ1n) is 9.40. The molecule has 1 fully saturated rings. The molecule has 1 aliphatic heterocycles. The van der Waals surface area contributed by atoms with Gasteiger partial charge in [0, 0.05) is 25.5 Å². The van der Waals surface area contributed by atoms with E-state index in [2.05, 4.69) is 30.3 Å². The first kappa shape index (κ1) is 19.4. The molecular weight excluding hydrogens is 383 g/mol. The molecule has 4 rings (SSSR count). The highest BCUT2D eigenvalue weighted by atomic mass is 19.4. The van der Waals surface area contributed by atoms with Gasteiger partial charge in [0.05, 0.1) is 18.3 Å². The Labute approximate surface area is 165 Å². The lowest BCUT2D eigenvalue weighted by molar-refractivity contribution is -0.137. The van der Waals surface area contributed by atoms with Crippen molar-refractivity contribution in [3.05, 3.63) is 54.0 Å². The van der Waals surface area contributed by atoms with Crippen LogP contribution in [0.25, 0.3) is 11.5 Å². The second kappa shape index (κ2) is 8.24. The van der Waals surface area contributed by atoms with Crippen LogP contribution in [0, 0.1) is 5.92 Å². The number of tetrazole rings is 1. The first-order valence-corrected chi connectivity index (χ1v) is 9.40. The van der Waals surface area contributed by atoms with E-state index in [1.807, 2.05) is 0 Å². The normalized spacial score (nSPS) is 18.1. The summed E-state index contributed by atoms with van der Waals surface area (Å²) in [6.45, 7) is 2.74. The Balaban J connectivity index is 1.37. The average Bonchev–Trinajstić information content (AvgIpc) is 3.17. The van der Waals surface area contributed by atoms with Gasteiger partial charge in [0.1, 0.15) is 5.69 Å². The fourth-order valence-corrected chi connectivity index (χ4v) is 3.62. The van der Waals surface area contributed by atoms with Crippen LogP contribution in [0.5, 0.6) is 0 Å². The van der Waals surface area contributed by atoms with Gasteiger partial charge < -0.3 is 0 Å². The summed E-state index contributed by atoms with van der Waals surface area (Å²) in [4.78, 5) is 11.9. The molecule has 10 heteroatoms. The molecule has 1 aromatic carbocycles. The summed E-state index contributed by atoms with van der Waals surface area (Å²) < 4.78 is 38.8. The molecule has 1 saturated heterocycles. The van der Waals surface area contributed by atoms with E-state index >= 15 is 0 Å². The molecule has 0 unspecified atom stereocenters. The van der Waals surface area contributed by atoms with Gasteiger partial charge in [0.25, 0.3) is 0 Å². The van der Waals surface area contributed by atoms with Crippen LogP contribution < -0.4 is 0 Å². The van der Waals surface area contributed by atoms with Crippen molar-refractivity contribution in [3.63, 3.8) is 0 Å². The van der Waals surface area contributed by atoms with E-state index < -0.39 is 11.7 Å². The summed E-state index contributed by atoms with van der Waals surface area (Å²) in [6.07, 6.45) is 2.41. The van der Waals surface area contributed by atoms with Crippen LogP contribution in [0.15, 0.2) is 42.9 Å². The number of hydrogen-bond acceptors (Lipinski definition) is 6. The van der Waals surface area contributed by atoms with Crippen molar-refractivity contribution in [1.29, 1.82) is 0 Å². The molecule has 152 valence electrons. The van der Waals surface area contributed by atoms with Crippen molar-refractivity contribution in [2.24, 2.45) is 5.92 Å². The standard InChI is InChI=1S/C19H20F3N7/c20-19(21,22)16-5-1-3-14(9-16)11-28-8-2-4-15(12-28)13-29-26-18(25-27-29)17-10-23-6-7-24-17/h1,3,5-7,9-10,15H,2,4,8,11-13H2/t15-/m1/s1. The molecular formula is C19H20F3N7. The number of alkyl halides is 3. The SMILES string of the molecule is FC(F)(F)c1cccc(CN2CCC[C@@H](Cn3nnc(-c4cnccn4)n3)C2)c1. The number of piperidine rings is 1. The molecule has 1 aliphatic rings. The minimum absolute atomic E-state index is 0.304. The summed E-state index contributed by atoms with van der Waals surface area (Å²) >= 11 is 0. The van der Waals surface area contributed by atoms with E-state index in [4.69, 9.17) is 0 Å². The third-order valence-corrected chi connectivity index (χ3v) is 4.93. The highest BCUT2D eigenvalue weighted by Crippen LogP contribution is 2.30. The summed E-state index contributed by atoms with van der Waals surface area (Å²) in [5.74, 6) is 0.730. The number of aromatic nitrogens is 6. The second-order valence-corrected chi connectivity index (χ2v) is 7.20. The predicted molar refractivity (Wildman–Crippen MR) is 98.3 cm³/mol. The van der Waals surface area contributed by atoms with Gasteiger partial charge in [-0.2, -0.15) is 18.0 Å². The predicted octanol–water partition coefficient (Wildman–Crippen LogP) is 3.06. The zero-order chi connectivity index (χ0) is 20.3. The van der Waals surface area contributed by atoms with Gasteiger partial charge in [-0.25, -0.2) is 4.98 Å². The Morgan fingerprint density at radius 2 is 2.07 bits per heavy atom. The minimum Gasteiger partial charge on any atom is -0.299 e. The molecule has 0 bridgehead atoms. The van der Waals surface area contributed by atoms with Crippen molar-refractivity contribution >= 4 is 0 Å². The third-order valence-electron chi connectivity index (χ3n) is 4.93. The summed E-state index contributed by atoms with van der Waals surface area (Å²) in [5, 5.41) is 12.5. The van der Waals surface area contributed by atoms with Gasteiger partial charge in [-0.1, -0.05) is 18.2 Å². The number of likely N-dealkylation sites (tertiary alicyclic amines) is 1. The Kier molecular flexibility index (Phi) is 5.52. The van der Waals surface area contributed by atoms with Crippen molar-refractivity contribution in [2.45, 2.75) is 32.1 Å². The number of halogens is 3. The van der Waals surface area contributed by atoms with E-state index in [1.165, 1.54) is 12.1 Å². The maximum atomic E-state index is 12.9. The van der Waals surface area contributed by atoms with Crippen LogP contribution in [0.4, 0.5) is 13.2 Å². The van der Waals surface area contributed by atoms with Crippen LogP contribution in [0.3, 0.4) is 0 Å². The monoisotopic (exact) mass is 403 g/mol. The first-order chi connectivity index (χ1) is 14.0. The van der Waals surface area contributed by atoms with Gasteiger partial charge in [-0.05, 0) is 42.1 Å². The molecule has 0 saturated carbocycles. The molecule has 0 N–H and O–H groups in total. The van der Waals surface area contributed by atoms with Crippen molar-refractivity contribution in [1.82, 2.24) is 35.1 Å². The topological polar surface area (TPSA) is 72.6 Å². The Hall–Kier alpha value is -2.88. The second-order valence-electron chi connectivity index (χ2n) is 7.20. The van der Waals surface area contributed by atoms with Crippen LogP contribution in [0.2, 0.25) is 0 Å². The van der Waals surface area contributed by atoms with Gasteiger partial charge >= 0.3 is 6.18 Å². The molecule has 3 heterocycles. The van der Waals surface area contributed by atoms with E-state index in [9.17, 15) is 13.2 Å². The average molecular weight is 403 g/mol. The Morgan fingerprint density at radius 3 is 2.86 bits per heavy atom. The molecule has 3 aromatic rings. The van der Waals surface area contributed by atoms with Gasteiger partial charge in [-0.3, -0.25) is 9.88 Å². The largest absolute Gasteiger partial charge is 0.416 e. The minimum atomic E-state index is -4.32. The van der Waals surface area contributed by atoms with Crippen molar-refractivity contribution in [2.75, 3.05) is 13.1 Å². The number of benzene rings is 1. The molecule has 7 nitrogen and oxygen atoms in total. The van der Waals surface area contributed by atoms with Gasteiger partial charge in [0.15, 0.2) is 0 Å². The zero-order valence-corrected chi connectivity index (χ0v) is 15.6. The fourth-order valence-electron chi connectivity index (χ4n) is 3.62. The van der Waals surface area contributed by atoms with Crippen molar-refractivity contribution < 1.29 is 13.2 Å². The van der Waals surface area contributed by atoms with E-state index in [0.29, 0.717) is 36.1 Å². The maximum absolute atomic E-state index is 12.9. The Morgan fingerprint density at radius 1 is 1.17 bits per heavy atom. The highest BCUT2D eigenvalue weighted by Gasteiger charge is 2.30. The highest BCUT2D eigenvalue weighted by molar-refractivity contribution is 5.44. The summed E-state index contributed by atoms with van der Waals surface area (Å²) in [7, 11) is 0. The summed E-state index contributed by atoms with van der Waals surface area (Å²) in [5.41, 5.74) is 0.629. The molecule has 29 heavy (non-hydrogen) atoms. The van der Waals surface area contributed by atoms with E-state index in [1.54, 1.807) is 29.5 Å². The van der Waals surface area contributed by atoms with Crippen molar-refractivity contribution in [3.8, 4) is 11.5 Å². The van der Waals surface area contributed by atoms with E-state index in [-0.39, 0.29) is 0 Å². The number of rotatable bonds is 5. The molecule has 0 aliphatic carbocycles. The maximum Gasteiger partial charge on any atom is 0.416 e. The van der Waals surface area contributed by atoms with Crippen LogP contribution >= 0.6 is 0 Å². The van der Waals surface area contributed by atoms with Gasteiger partial charge in [0.2, 0.25) is 5.82 Å². The van der Waals surface area contributed by atoms with Crippen LogP contribution in [-0.2, 0) is 19.3 Å². The van der Waals surface area contributed by atoms with Gasteiger partial charge in [-0.15, -0.1) is 10.2 Å². The Bertz CT molecular complexity index is 942. The van der Waals surface area contributed by atoms with E-state index in [0.717, 1.165) is 32.0 Å². The lowest BCUT2D eigenvalue weighted by Crippen LogP contribution is -2.37. The number of nitrogens with zero attached hydrogens (tertiary/aromatic N) is 7. The molecule has 0 amide bonds. The van der Waals surface area contributed by atoms with Crippen LogP contribution in [0.1, 0.15) is 24.0 Å². The zero-order valence-electron chi connectivity index (χ0n) is 15.6. The summed E-state index contributed by atoms with van der Waals surface area (Å²) in [6, 6.07) is 5.54. The molecule has 2 aromatic heterocycles. The quantitative estimate of drug-likeness (QED) is 0.652. The fraction of sp³-hybridized carbons (Fsp3) is 0.421. The lowest BCUT2D eigenvalue weighted by Gasteiger charge is -2.32. The molecule has 0 radical (unpaired) electrons. The van der Waals surface area contributed by atoms with Crippen LogP contribution in [-0.4, -0.2) is 48.2 Å². The lowest BCUT2D eigenvalue weighted by atomic mass is 9.97. The molecule has 0 spiro atoms. The smallest absolute Gasteiger partial charge is 0.299 e. The number of hydrogen-bond donors (Lipinski definition) is 0. The molecule has 1 atom stereocenters. The third kappa shape index (κ3) is 4.94.